The van der Waals surface area contributed by atoms with E-state index in [1.54, 1.807) is 0 Å². The molecule has 2 aromatic heterocycles. The van der Waals surface area contributed by atoms with E-state index in [2.05, 4.69) is 60.2 Å². The molecule has 0 saturated carbocycles. The van der Waals surface area contributed by atoms with Gasteiger partial charge < -0.3 is 9.73 Å². The number of aromatic nitrogens is 2. The smallest absolute Gasteiger partial charge is 0.156 e. The Morgan fingerprint density at radius 2 is 1.86 bits per heavy atom. The van der Waals surface area contributed by atoms with E-state index in [0.717, 1.165) is 53.3 Å². The molecule has 28 heavy (non-hydrogen) atoms. The minimum absolute atomic E-state index is 0.427. The van der Waals surface area contributed by atoms with Crippen molar-refractivity contribution in [2.45, 2.75) is 39.0 Å². The third-order valence-corrected chi connectivity index (χ3v) is 5.58. The molecule has 0 atom stereocenters. The molecule has 0 saturated heterocycles. The second-order valence-corrected chi connectivity index (χ2v) is 7.83. The minimum Gasteiger partial charge on any atom is -0.454 e. The zero-order chi connectivity index (χ0) is 19.1. The molecule has 4 heteroatoms. The standard InChI is InChI=1S/C24H25N3O/c1-16(2)18-10-4-5-12-20(18)27-24-19(11-7-8-14-25-24)23(26-27)22-15-17-9-3-6-13-21(17)28-22/h3-6,9-10,12-13,15-16,25H,7-8,11,14H2,1-2H3. The van der Waals surface area contributed by atoms with E-state index in [-0.39, 0.29) is 0 Å². The molecule has 0 amide bonds. The van der Waals surface area contributed by atoms with E-state index >= 15 is 0 Å². The lowest BCUT2D eigenvalue weighted by Crippen LogP contribution is -2.09. The topological polar surface area (TPSA) is 43.0 Å². The van der Waals surface area contributed by atoms with E-state index in [9.17, 15) is 0 Å². The lowest BCUT2D eigenvalue weighted by atomic mass is 10.0. The molecule has 3 heterocycles. The van der Waals surface area contributed by atoms with Crippen LogP contribution in [0.1, 0.15) is 43.7 Å². The molecule has 4 aromatic rings. The zero-order valence-electron chi connectivity index (χ0n) is 16.4. The van der Waals surface area contributed by atoms with Gasteiger partial charge in [0.1, 0.15) is 17.1 Å². The predicted octanol–water partition coefficient (Wildman–Crippen LogP) is 6.16. The first-order chi connectivity index (χ1) is 13.7. The maximum absolute atomic E-state index is 6.18. The number of hydrogen-bond donors (Lipinski definition) is 1. The summed E-state index contributed by atoms with van der Waals surface area (Å²) in [7, 11) is 0. The third-order valence-electron chi connectivity index (χ3n) is 5.58. The van der Waals surface area contributed by atoms with Gasteiger partial charge in [0.25, 0.3) is 0 Å². The molecule has 1 N–H and O–H groups in total. The molecular formula is C24H25N3O. The van der Waals surface area contributed by atoms with Gasteiger partial charge in [-0.1, -0.05) is 50.2 Å². The van der Waals surface area contributed by atoms with Crippen molar-refractivity contribution in [3.05, 3.63) is 65.7 Å². The first-order valence-corrected chi connectivity index (χ1v) is 10.2. The van der Waals surface area contributed by atoms with Gasteiger partial charge in [0.15, 0.2) is 5.76 Å². The van der Waals surface area contributed by atoms with Crippen molar-refractivity contribution in [1.82, 2.24) is 9.78 Å². The van der Waals surface area contributed by atoms with Crippen LogP contribution in [0.15, 0.2) is 59.0 Å². The summed E-state index contributed by atoms with van der Waals surface area (Å²) < 4.78 is 8.28. The van der Waals surface area contributed by atoms with Gasteiger partial charge in [0, 0.05) is 17.5 Å². The van der Waals surface area contributed by atoms with Crippen LogP contribution in [0.3, 0.4) is 0 Å². The van der Waals surface area contributed by atoms with Crippen molar-refractivity contribution >= 4 is 16.8 Å². The average molecular weight is 371 g/mol. The molecule has 0 bridgehead atoms. The van der Waals surface area contributed by atoms with Crippen molar-refractivity contribution in [2.75, 3.05) is 11.9 Å². The number of rotatable bonds is 3. The van der Waals surface area contributed by atoms with Gasteiger partial charge in [-0.25, -0.2) is 4.68 Å². The summed E-state index contributed by atoms with van der Waals surface area (Å²) in [6, 6.07) is 18.8. The SMILES string of the molecule is CC(C)c1ccccc1-n1nc(-c2cc3ccccc3o2)c2c1NCCCC2. The fraction of sp³-hybridized carbons (Fsp3) is 0.292. The second-order valence-electron chi connectivity index (χ2n) is 7.83. The van der Waals surface area contributed by atoms with E-state index < -0.39 is 0 Å². The van der Waals surface area contributed by atoms with E-state index in [4.69, 9.17) is 9.52 Å². The molecule has 4 nitrogen and oxygen atoms in total. The van der Waals surface area contributed by atoms with Crippen LogP contribution in [0.2, 0.25) is 0 Å². The van der Waals surface area contributed by atoms with Gasteiger partial charge in [-0.15, -0.1) is 0 Å². The Labute approximate surface area is 165 Å². The maximum atomic E-state index is 6.18. The number of nitrogens with one attached hydrogen (secondary N) is 1. The monoisotopic (exact) mass is 371 g/mol. The van der Waals surface area contributed by atoms with Crippen LogP contribution < -0.4 is 5.32 Å². The normalized spacial score (nSPS) is 14.1. The minimum atomic E-state index is 0.427. The maximum Gasteiger partial charge on any atom is 0.156 e. The Morgan fingerprint density at radius 3 is 2.71 bits per heavy atom. The number of benzene rings is 2. The second kappa shape index (κ2) is 6.86. The predicted molar refractivity (Wildman–Crippen MR) is 114 cm³/mol. The molecule has 1 aliphatic rings. The van der Waals surface area contributed by atoms with Crippen LogP contribution in [-0.2, 0) is 6.42 Å². The first kappa shape index (κ1) is 17.1. The largest absolute Gasteiger partial charge is 0.454 e. The summed E-state index contributed by atoms with van der Waals surface area (Å²) in [5.41, 5.74) is 5.57. The zero-order valence-corrected chi connectivity index (χ0v) is 16.4. The fourth-order valence-electron chi connectivity index (χ4n) is 4.14. The van der Waals surface area contributed by atoms with Gasteiger partial charge >= 0.3 is 0 Å². The Kier molecular flexibility index (Phi) is 4.19. The van der Waals surface area contributed by atoms with Crippen molar-refractivity contribution in [3.63, 3.8) is 0 Å². The van der Waals surface area contributed by atoms with Crippen LogP contribution in [0.5, 0.6) is 0 Å². The Bertz CT molecular complexity index is 1100. The molecule has 0 spiro atoms. The molecular weight excluding hydrogens is 346 g/mol. The number of anilines is 1. The summed E-state index contributed by atoms with van der Waals surface area (Å²) in [6.07, 6.45) is 3.34. The van der Waals surface area contributed by atoms with Crippen molar-refractivity contribution in [1.29, 1.82) is 0 Å². The molecule has 0 aliphatic carbocycles. The lowest BCUT2D eigenvalue weighted by Gasteiger charge is -2.15. The van der Waals surface area contributed by atoms with Crippen LogP contribution in [0.25, 0.3) is 28.1 Å². The molecule has 0 unspecified atom stereocenters. The fourth-order valence-corrected chi connectivity index (χ4v) is 4.14. The molecule has 2 aromatic carbocycles. The number of furan rings is 1. The Hall–Kier alpha value is -3.01. The molecule has 0 fully saturated rings. The van der Waals surface area contributed by atoms with Crippen LogP contribution in [0, 0.1) is 0 Å². The summed E-state index contributed by atoms with van der Waals surface area (Å²) in [5, 5.41) is 9.83. The highest BCUT2D eigenvalue weighted by molar-refractivity contribution is 5.83. The van der Waals surface area contributed by atoms with Crippen LogP contribution >= 0.6 is 0 Å². The summed E-state index contributed by atoms with van der Waals surface area (Å²) in [5.74, 6) is 2.39. The highest BCUT2D eigenvalue weighted by atomic mass is 16.3. The van der Waals surface area contributed by atoms with Gasteiger partial charge in [-0.3, -0.25) is 0 Å². The first-order valence-electron chi connectivity index (χ1n) is 10.2. The van der Waals surface area contributed by atoms with Gasteiger partial charge in [0.05, 0.1) is 5.69 Å². The highest BCUT2D eigenvalue weighted by Crippen LogP contribution is 2.37. The molecule has 142 valence electrons. The van der Waals surface area contributed by atoms with Crippen molar-refractivity contribution in [3.8, 4) is 17.1 Å². The number of nitrogens with zero attached hydrogens (tertiary/aromatic N) is 2. The quantitative estimate of drug-likeness (QED) is 0.469. The molecule has 0 radical (unpaired) electrons. The average Bonchev–Trinajstić information content (AvgIpc) is 3.21. The summed E-state index contributed by atoms with van der Waals surface area (Å²) >= 11 is 0. The summed E-state index contributed by atoms with van der Waals surface area (Å²) in [6.45, 7) is 5.44. The van der Waals surface area contributed by atoms with E-state index in [1.165, 1.54) is 17.5 Å². The highest BCUT2D eigenvalue weighted by Gasteiger charge is 2.25. The number of para-hydroxylation sites is 2. The van der Waals surface area contributed by atoms with Crippen molar-refractivity contribution in [2.24, 2.45) is 0 Å². The molecule has 5 rings (SSSR count). The van der Waals surface area contributed by atoms with E-state index in [0.29, 0.717) is 5.92 Å². The number of fused-ring (bicyclic) bond motifs is 2. The number of hydrogen-bond acceptors (Lipinski definition) is 3. The summed E-state index contributed by atoms with van der Waals surface area (Å²) in [4.78, 5) is 0. The van der Waals surface area contributed by atoms with Crippen LogP contribution in [-0.4, -0.2) is 16.3 Å². The van der Waals surface area contributed by atoms with E-state index in [1.807, 2.05) is 18.2 Å². The lowest BCUT2D eigenvalue weighted by molar-refractivity contribution is 0.625. The van der Waals surface area contributed by atoms with Crippen LogP contribution in [0.4, 0.5) is 5.82 Å². The molecule has 1 aliphatic heterocycles. The Balaban J connectivity index is 1.73. The van der Waals surface area contributed by atoms with Gasteiger partial charge in [0.2, 0.25) is 0 Å². The van der Waals surface area contributed by atoms with Gasteiger partial charge in [-0.05, 0) is 48.9 Å². The Morgan fingerprint density at radius 1 is 1.04 bits per heavy atom. The van der Waals surface area contributed by atoms with Crippen molar-refractivity contribution < 1.29 is 4.42 Å². The third kappa shape index (κ3) is 2.80. The van der Waals surface area contributed by atoms with Gasteiger partial charge in [-0.2, -0.15) is 5.10 Å².